The van der Waals surface area contributed by atoms with E-state index in [4.69, 9.17) is 11.6 Å². The number of likely N-dealkylation sites (N-methyl/N-ethyl adjacent to an activating group) is 1. The van der Waals surface area contributed by atoms with Gasteiger partial charge in [-0.3, -0.25) is 9.78 Å². The first kappa shape index (κ1) is 25.5. The largest absolute Gasteiger partial charge is 0.433 e. The van der Waals surface area contributed by atoms with Gasteiger partial charge in [0.05, 0.1) is 0 Å². The number of aryl methyl sites for hydroxylation is 2. The normalized spacial score (nSPS) is 12.3. The van der Waals surface area contributed by atoms with Gasteiger partial charge in [0, 0.05) is 30.5 Å². The molecule has 9 heteroatoms. The Morgan fingerprint density at radius 3 is 2.50 bits per heavy atom. The third kappa shape index (κ3) is 6.26. The van der Waals surface area contributed by atoms with Gasteiger partial charge in [0.2, 0.25) is 5.91 Å². The Morgan fingerprint density at radius 2 is 1.91 bits per heavy atom. The van der Waals surface area contributed by atoms with Crippen molar-refractivity contribution >= 4 is 23.2 Å². The number of alkyl halides is 3. The average Bonchev–Trinajstić information content (AvgIpc) is 2.80. The van der Waals surface area contributed by atoms with E-state index in [0.717, 1.165) is 6.07 Å². The van der Waals surface area contributed by atoms with Crippen LogP contribution in [0.5, 0.6) is 0 Å². The van der Waals surface area contributed by atoms with Gasteiger partial charge in [-0.15, -0.1) is 0 Å². The molecule has 0 fully saturated rings. The zero-order chi connectivity index (χ0) is 24.9. The molecule has 0 saturated heterocycles. The Kier molecular flexibility index (Phi) is 8.15. The second-order valence-electron chi connectivity index (χ2n) is 7.85. The molecule has 1 N–H and O–H groups in total. The molecule has 0 aliphatic rings. The third-order valence-corrected chi connectivity index (χ3v) is 5.66. The lowest BCUT2D eigenvalue weighted by atomic mass is 10.0. The Hall–Kier alpha value is -3.13. The van der Waals surface area contributed by atoms with Crippen molar-refractivity contribution in [2.24, 2.45) is 0 Å². The second-order valence-corrected chi connectivity index (χ2v) is 8.29. The highest BCUT2D eigenvalue weighted by Crippen LogP contribution is 2.31. The topological polar surface area (TPSA) is 45.2 Å². The second kappa shape index (κ2) is 10.9. The molecule has 4 nitrogen and oxygen atoms in total. The van der Waals surface area contributed by atoms with E-state index in [1.807, 2.05) is 4.90 Å². The Bertz CT molecular complexity index is 1140. The Balaban J connectivity index is 1.90. The lowest BCUT2D eigenvalue weighted by molar-refractivity contribution is -0.141. The molecule has 0 aliphatic carbocycles. The van der Waals surface area contributed by atoms with Crippen LogP contribution in [0.3, 0.4) is 0 Å². The van der Waals surface area contributed by atoms with E-state index in [-0.39, 0.29) is 11.7 Å². The molecule has 0 saturated carbocycles. The smallest absolute Gasteiger partial charge is 0.357 e. The zero-order valence-electron chi connectivity index (χ0n) is 18.7. The predicted octanol–water partition coefficient (Wildman–Crippen LogP) is 6.13. The minimum absolute atomic E-state index is 0.277. The molecule has 3 rings (SSSR count). The van der Waals surface area contributed by atoms with Gasteiger partial charge in [-0.2, -0.15) is 13.2 Å². The fraction of sp³-hybridized carbons (Fsp3) is 0.280. The molecular formula is C25H24ClF4N3O. The number of pyridine rings is 1. The van der Waals surface area contributed by atoms with Gasteiger partial charge in [0.1, 0.15) is 17.6 Å². The fourth-order valence-electron chi connectivity index (χ4n) is 3.69. The standard InChI is InChI=1S/C25H24ClF4N3O/c1-16-13-20(9-10-21(16)27)33(23(24(34)31-2)18-6-3-7-19(26)14-18)12-4-5-17-8-11-22(32-15-17)25(28,29)30/h3,6-11,13-15,23H,4-5,12H2,1-2H3,(H,31,34)/t23-/m1/s1. The van der Waals surface area contributed by atoms with Gasteiger partial charge in [-0.05, 0) is 72.9 Å². The lowest BCUT2D eigenvalue weighted by Crippen LogP contribution is -2.40. The average molecular weight is 494 g/mol. The van der Waals surface area contributed by atoms with Gasteiger partial charge in [-0.1, -0.05) is 29.8 Å². The number of anilines is 1. The SMILES string of the molecule is CNC(=O)[C@@H](c1cccc(Cl)c1)N(CCCc1ccc(C(F)(F)F)nc1)c1ccc(F)c(C)c1. The number of aromatic nitrogens is 1. The first-order chi connectivity index (χ1) is 16.1. The van der Waals surface area contributed by atoms with Gasteiger partial charge >= 0.3 is 6.18 Å². The Morgan fingerprint density at radius 1 is 1.15 bits per heavy atom. The number of hydrogen-bond acceptors (Lipinski definition) is 3. The molecule has 0 bridgehead atoms. The summed E-state index contributed by atoms with van der Waals surface area (Å²) >= 11 is 6.18. The highest BCUT2D eigenvalue weighted by Gasteiger charge is 2.32. The van der Waals surface area contributed by atoms with Gasteiger partial charge in [-0.25, -0.2) is 4.39 Å². The lowest BCUT2D eigenvalue weighted by Gasteiger charge is -2.33. The van der Waals surface area contributed by atoms with Crippen LogP contribution in [-0.2, 0) is 17.4 Å². The van der Waals surface area contributed by atoms with Crippen molar-refractivity contribution in [1.82, 2.24) is 10.3 Å². The number of nitrogens with one attached hydrogen (secondary N) is 1. The van der Waals surface area contributed by atoms with E-state index in [1.54, 1.807) is 43.3 Å². The zero-order valence-corrected chi connectivity index (χ0v) is 19.4. The summed E-state index contributed by atoms with van der Waals surface area (Å²) < 4.78 is 52.3. The van der Waals surface area contributed by atoms with E-state index in [1.165, 1.54) is 25.4 Å². The molecule has 1 aromatic heterocycles. The number of carbonyl (C=O) groups is 1. The summed E-state index contributed by atoms with van der Waals surface area (Å²) in [4.78, 5) is 18.3. The van der Waals surface area contributed by atoms with Crippen molar-refractivity contribution in [2.45, 2.75) is 32.0 Å². The predicted molar refractivity (Wildman–Crippen MR) is 124 cm³/mol. The van der Waals surface area contributed by atoms with Crippen molar-refractivity contribution in [3.63, 3.8) is 0 Å². The molecule has 1 amide bonds. The van der Waals surface area contributed by atoms with E-state index < -0.39 is 17.9 Å². The molecule has 1 atom stereocenters. The molecule has 0 radical (unpaired) electrons. The molecule has 2 aromatic carbocycles. The maximum absolute atomic E-state index is 14.0. The van der Waals surface area contributed by atoms with E-state index in [2.05, 4.69) is 10.3 Å². The third-order valence-electron chi connectivity index (χ3n) is 5.42. The first-order valence-electron chi connectivity index (χ1n) is 10.6. The summed E-state index contributed by atoms with van der Waals surface area (Å²) in [6.45, 7) is 2.01. The molecule has 1 heterocycles. The summed E-state index contributed by atoms with van der Waals surface area (Å²) in [5.41, 5.74) is 1.42. The summed E-state index contributed by atoms with van der Waals surface area (Å²) in [6, 6.07) is 13.1. The quantitative estimate of drug-likeness (QED) is 0.384. The van der Waals surface area contributed by atoms with Gasteiger partial charge in [0.15, 0.2) is 0 Å². The fourth-order valence-corrected chi connectivity index (χ4v) is 3.89. The highest BCUT2D eigenvalue weighted by atomic mass is 35.5. The Labute approximate surface area is 200 Å². The van der Waals surface area contributed by atoms with Crippen molar-refractivity contribution in [3.8, 4) is 0 Å². The highest BCUT2D eigenvalue weighted by molar-refractivity contribution is 6.30. The summed E-state index contributed by atoms with van der Waals surface area (Å²) in [7, 11) is 1.53. The molecule has 180 valence electrons. The van der Waals surface area contributed by atoms with E-state index >= 15 is 0 Å². The van der Waals surface area contributed by atoms with Crippen molar-refractivity contribution in [3.05, 3.63) is 94.0 Å². The molecule has 34 heavy (non-hydrogen) atoms. The van der Waals surface area contributed by atoms with Gasteiger partial charge < -0.3 is 10.2 Å². The number of carbonyl (C=O) groups excluding carboxylic acids is 1. The minimum atomic E-state index is -4.49. The van der Waals surface area contributed by atoms with Crippen LogP contribution in [0.1, 0.15) is 34.8 Å². The molecule has 0 unspecified atom stereocenters. The number of benzene rings is 2. The van der Waals surface area contributed by atoms with E-state index in [0.29, 0.717) is 46.8 Å². The van der Waals surface area contributed by atoms with Crippen LogP contribution in [0, 0.1) is 12.7 Å². The van der Waals surface area contributed by atoms with Crippen LogP contribution in [0.25, 0.3) is 0 Å². The van der Waals surface area contributed by atoms with Crippen LogP contribution in [0.2, 0.25) is 5.02 Å². The van der Waals surface area contributed by atoms with Crippen molar-refractivity contribution in [2.75, 3.05) is 18.5 Å². The number of amides is 1. The van der Waals surface area contributed by atoms with Crippen molar-refractivity contribution < 1.29 is 22.4 Å². The molecular weight excluding hydrogens is 470 g/mol. The van der Waals surface area contributed by atoms with Crippen LogP contribution < -0.4 is 10.2 Å². The molecule has 0 spiro atoms. The summed E-state index contributed by atoms with van der Waals surface area (Å²) in [6.07, 6.45) is -2.33. The van der Waals surface area contributed by atoms with E-state index in [9.17, 15) is 22.4 Å². The molecule has 0 aliphatic heterocycles. The van der Waals surface area contributed by atoms with Crippen LogP contribution >= 0.6 is 11.6 Å². The summed E-state index contributed by atoms with van der Waals surface area (Å²) in [5.74, 6) is -0.640. The maximum Gasteiger partial charge on any atom is 0.433 e. The molecule has 3 aromatic rings. The number of halogens is 5. The maximum atomic E-state index is 14.0. The minimum Gasteiger partial charge on any atom is -0.357 e. The monoisotopic (exact) mass is 493 g/mol. The van der Waals surface area contributed by atoms with Crippen LogP contribution in [0.4, 0.5) is 23.2 Å². The first-order valence-corrected chi connectivity index (χ1v) is 11.0. The van der Waals surface area contributed by atoms with Crippen LogP contribution in [-0.4, -0.2) is 24.5 Å². The number of nitrogens with zero attached hydrogens (tertiary/aromatic N) is 2. The number of hydrogen-bond donors (Lipinski definition) is 1. The number of rotatable bonds is 8. The van der Waals surface area contributed by atoms with Gasteiger partial charge in [0.25, 0.3) is 0 Å². The van der Waals surface area contributed by atoms with Crippen LogP contribution in [0.15, 0.2) is 60.8 Å². The van der Waals surface area contributed by atoms with Crippen molar-refractivity contribution in [1.29, 1.82) is 0 Å². The summed E-state index contributed by atoms with van der Waals surface area (Å²) in [5, 5.41) is 3.14.